The molecule has 4 heteroatoms. The van der Waals surface area contributed by atoms with E-state index in [1.807, 2.05) is 27.7 Å². The maximum Gasteiger partial charge on any atom is 0.407 e. The normalized spacial score (nSPS) is 16.0. The first-order chi connectivity index (χ1) is 7.92. The molecule has 0 heterocycles. The molecule has 18 heavy (non-hydrogen) atoms. The van der Waals surface area contributed by atoms with Crippen LogP contribution in [-0.2, 0) is 4.74 Å². The molecule has 0 aromatic rings. The van der Waals surface area contributed by atoms with E-state index in [4.69, 9.17) is 10.5 Å². The molecule has 0 aromatic carbocycles. The number of hydrogen-bond acceptors (Lipinski definition) is 3. The van der Waals surface area contributed by atoms with Crippen LogP contribution in [-0.4, -0.2) is 23.8 Å². The lowest BCUT2D eigenvalue weighted by atomic mass is 9.83. The van der Waals surface area contributed by atoms with Crippen LogP contribution < -0.4 is 11.1 Å². The summed E-state index contributed by atoms with van der Waals surface area (Å²) >= 11 is 0. The molecule has 0 rings (SSSR count). The van der Waals surface area contributed by atoms with Crippen molar-refractivity contribution in [1.29, 1.82) is 0 Å². The number of alkyl carbamates (subject to hydrolysis) is 1. The summed E-state index contributed by atoms with van der Waals surface area (Å²) in [5, 5.41) is 2.95. The van der Waals surface area contributed by atoms with Gasteiger partial charge in [-0.15, -0.1) is 0 Å². The molecule has 0 radical (unpaired) electrons. The van der Waals surface area contributed by atoms with E-state index in [2.05, 4.69) is 26.1 Å². The molecule has 2 unspecified atom stereocenters. The number of nitrogens with two attached hydrogens (primary N) is 1. The van der Waals surface area contributed by atoms with Crippen molar-refractivity contribution in [3.63, 3.8) is 0 Å². The van der Waals surface area contributed by atoms with E-state index in [0.717, 1.165) is 12.8 Å². The quantitative estimate of drug-likeness (QED) is 0.814. The first-order valence-corrected chi connectivity index (χ1v) is 6.67. The SMILES string of the molecule is CC(N)CCC(NC(=O)OC(C)(C)C)C(C)(C)C. The summed E-state index contributed by atoms with van der Waals surface area (Å²) in [5.41, 5.74) is 5.30. The van der Waals surface area contributed by atoms with Gasteiger partial charge in [0.05, 0.1) is 0 Å². The highest BCUT2D eigenvalue weighted by Crippen LogP contribution is 2.23. The predicted molar refractivity (Wildman–Crippen MR) is 75.5 cm³/mol. The van der Waals surface area contributed by atoms with Crippen molar-refractivity contribution in [2.75, 3.05) is 0 Å². The minimum Gasteiger partial charge on any atom is -0.444 e. The zero-order valence-electron chi connectivity index (χ0n) is 13.0. The van der Waals surface area contributed by atoms with E-state index in [9.17, 15) is 4.79 Å². The fraction of sp³-hybridized carbons (Fsp3) is 0.929. The number of hydrogen-bond donors (Lipinski definition) is 2. The highest BCUT2D eigenvalue weighted by Gasteiger charge is 2.28. The van der Waals surface area contributed by atoms with Crippen molar-refractivity contribution >= 4 is 6.09 Å². The minimum atomic E-state index is -0.465. The van der Waals surface area contributed by atoms with Crippen molar-refractivity contribution < 1.29 is 9.53 Å². The summed E-state index contributed by atoms with van der Waals surface area (Å²) in [4.78, 5) is 11.8. The van der Waals surface area contributed by atoms with E-state index < -0.39 is 5.60 Å². The Morgan fingerprint density at radius 3 is 2.00 bits per heavy atom. The van der Waals surface area contributed by atoms with Crippen molar-refractivity contribution in [2.24, 2.45) is 11.1 Å². The van der Waals surface area contributed by atoms with E-state index in [1.165, 1.54) is 0 Å². The van der Waals surface area contributed by atoms with Crippen LogP contribution in [0.3, 0.4) is 0 Å². The van der Waals surface area contributed by atoms with Gasteiger partial charge in [0, 0.05) is 12.1 Å². The van der Waals surface area contributed by atoms with Gasteiger partial charge < -0.3 is 15.8 Å². The van der Waals surface area contributed by atoms with E-state index in [-0.39, 0.29) is 23.6 Å². The Kier molecular flexibility index (Phi) is 6.14. The van der Waals surface area contributed by atoms with E-state index in [1.54, 1.807) is 0 Å². The number of nitrogens with one attached hydrogen (secondary N) is 1. The molecule has 108 valence electrons. The highest BCUT2D eigenvalue weighted by molar-refractivity contribution is 5.68. The highest BCUT2D eigenvalue weighted by atomic mass is 16.6. The zero-order valence-corrected chi connectivity index (χ0v) is 13.0. The molecule has 0 saturated heterocycles. The van der Waals surface area contributed by atoms with Gasteiger partial charge in [-0.05, 0) is 46.0 Å². The standard InChI is InChI=1S/C14H30N2O2/c1-10(15)8-9-11(13(2,3)4)16-12(17)18-14(5,6)7/h10-11H,8-9,15H2,1-7H3,(H,16,17). The second-order valence-electron chi connectivity index (χ2n) is 7.12. The lowest BCUT2D eigenvalue weighted by Crippen LogP contribution is -2.46. The van der Waals surface area contributed by atoms with Crippen LogP contribution >= 0.6 is 0 Å². The van der Waals surface area contributed by atoms with Crippen molar-refractivity contribution in [2.45, 2.75) is 79.0 Å². The molecule has 1 amide bonds. The number of amides is 1. The van der Waals surface area contributed by atoms with Gasteiger partial charge in [0.2, 0.25) is 0 Å². The van der Waals surface area contributed by atoms with Gasteiger partial charge in [0.25, 0.3) is 0 Å². The molecular formula is C14H30N2O2. The monoisotopic (exact) mass is 258 g/mol. The molecule has 3 N–H and O–H groups in total. The van der Waals surface area contributed by atoms with E-state index >= 15 is 0 Å². The summed E-state index contributed by atoms with van der Waals surface area (Å²) in [5.74, 6) is 0. The summed E-state index contributed by atoms with van der Waals surface area (Å²) < 4.78 is 5.29. The maximum atomic E-state index is 11.8. The van der Waals surface area contributed by atoms with Crippen molar-refractivity contribution in [3.05, 3.63) is 0 Å². The Morgan fingerprint density at radius 2 is 1.67 bits per heavy atom. The van der Waals surface area contributed by atoms with Crippen molar-refractivity contribution in [1.82, 2.24) is 5.32 Å². The van der Waals surface area contributed by atoms with Crippen LogP contribution in [0, 0.1) is 5.41 Å². The zero-order chi connectivity index (χ0) is 14.6. The van der Waals surface area contributed by atoms with Gasteiger partial charge >= 0.3 is 6.09 Å². The molecular weight excluding hydrogens is 228 g/mol. The van der Waals surface area contributed by atoms with Gasteiger partial charge in [0.1, 0.15) is 5.60 Å². The summed E-state index contributed by atoms with van der Waals surface area (Å²) in [6, 6.07) is 0.216. The molecule has 0 spiro atoms. The number of ether oxygens (including phenoxy) is 1. The van der Waals surface area contributed by atoms with Crippen molar-refractivity contribution in [3.8, 4) is 0 Å². The molecule has 0 bridgehead atoms. The second-order valence-corrected chi connectivity index (χ2v) is 7.12. The average molecular weight is 258 g/mol. The Morgan fingerprint density at radius 1 is 1.17 bits per heavy atom. The molecule has 0 saturated carbocycles. The molecule has 0 aromatic heterocycles. The van der Waals surface area contributed by atoms with Crippen LogP contribution in [0.2, 0.25) is 0 Å². The Labute approximate surface area is 112 Å². The van der Waals surface area contributed by atoms with Gasteiger partial charge in [-0.3, -0.25) is 0 Å². The smallest absolute Gasteiger partial charge is 0.407 e. The predicted octanol–water partition coefficient (Wildman–Crippen LogP) is 3.05. The number of rotatable bonds is 4. The van der Waals surface area contributed by atoms with Crippen LogP contribution in [0.25, 0.3) is 0 Å². The average Bonchev–Trinajstić information content (AvgIpc) is 2.06. The first kappa shape index (κ1) is 17.2. The lowest BCUT2D eigenvalue weighted by molar-refractivity contribution is 0.0457. The Hall–Kier alpha value is -0.770. The topological polar surface area (TPSA) is 64.3 Å². The fourth-order valence-electron chi connectivity index (χ4n) is 1.60. The molecule has 0 fully saturated rings. The van der Waals surface area contributed by atoms with E-state index in [0.29, 0.717) is 0 Å². The molecule has 0 aliphatic rings. The minimum absolute atomic E-state index is 0.00814. The van der Waals surface area contributed by atoms with Gasteiger partial charge in [-0.1, -0.05) is 20.8 Å². The molecule has 4 nitrogen and oxygen atoms in total. The van der Waals surface area contributed by atoms with Crippen LogP contribution in [0.15, 0.2) is 0 Å². The second kappa shape index (κ2) is 6.41. The van der Waals surface area contributed by atoms with Crippen LogP contribution in [0.5, 0.6) is 0 Å². The third-order valence-electron chi connectivity index (χ3n) is 2.65. The molecule has 2 atom stereocenters. The Balaban J connectivity index is 4.46. The van der Waals surface area contributed by atoms with Gasteiger partial charge in [-0.25, -0.2) is 4.79 Å². The largest absolute Gasteiger partial charge is 0.444 e. The van der Waals surface area contributed by atoms with Crippen LogP contribution in [0.4, 0.5) is 4.79 Å². The van der Waals surface area contributed by atoms with Gasteiger partial charge in [-0.2, -0.15) is 0 Å². The lowest BCUT2D eigenvalue weighted by Gasteiger charge is -2.33. The summed E-state index contributed by atoms with van der Waals surface area (Å²) in [6.07, 6.45) is 1.39. The Bertz CT molecular complexity index is 262. The molecule has 0 aliphatic carbocycles. The molecule has 0 aliphatic heterocycles. The van der Waals surface area contributed by atoms with Crippen LogP contribution in [0.1, 0.15) is 61.3 Å². The third-order valence-corrected chi connectivity index (χ3v) is 2.65. The number of carbonyl (C=O) groups excluding carboxylic acids is 1. The first-order valence-electron chi connectivity index (χ1n) is 6.67. The van der Waals surface area contributed by atoms with Gasteiger partial charge in [0.15, 0.2) is 0 Å². The summed E-state index contributed by atoms with van der Waals surface area (Å²) in [7, 11) is 0. The number of carbonyl (C=O) groups is 1. The third kappa shape index (κ3) is 8.34. The maximum absolute atomic E-state index is 11.8. The fourth-order valence-corrected chi connectivity index (χ4v) is 1.60. The summed E-state index contributed by atoms with van der Waals surface area (Å²) in [6.45, 7) is 13.9.